The molecule has 0 fully saturated rings. The Hall–Kier alpha value is -2.04. The van der Waals surface area contributed by atoms with Gasteiger partial charge in [-0.2, -0.15) is 5.10 Å². The molecule has 1 heterocycles. The van der Waals surface area contributed by atoms with Crippen molar-refractivity contribution in [3.05, 3.63) is 58.1 Å². The molecule has 0 saturated heterocycles. The average Bonchev–Trinajstić information content (AvgIpc) is 2.84. The van der Waals surface area contributed by atoms with E-state index in [4.69, 9.17) is 23.2 Å². The molecule has 4 nitrogen and oxygen atoms in total. The van der Waals surface area contributed by atoms with Gasteiger partial charge in [0.2, 0.25) is 5.95 Å². The van der Waals surface area contributed by atoms with Crippen LogP contribution < -0.4 is 5.43 Å². The quantitative estimate of drug-likeness (QED) is 0.559. The summed E-state index contributed by atoms with van der Waals surface area (Å²) in [5, 5.41) is 5.19. The maximum atomic E-state index is 6.05. The molecule has 3 aromatic rings. The molecule has 0 aliphatic heterocycles. The fraction of sp³-hybridized carbons (Fsp3) is 0. The first-order valence-electron chi connectivity index (χ1n) is 5.92. The van der Waals surface area contributed by atoms with Gasteiger partial charge in [0.15, 0.2) is 0 Å². The lowest BCUT2D eigenvalue weighted by Gasteiger charge is -2.00. The minimum Gasteiger partial charge on any atom is -0.323 e. The summed E-state index contributed by atoms with van der Waals surface area (Å²) >= 11 is 12.1. The normalized spacial score (nSPS) is 11.3. The number of aromatic nitrogens is 2. The van der Waals surface area contributed by atoms with Crippen molar-refractivity contribution in [3.63, 3.8) is 0 Å². The van der Waals surface area contributed by atoms with Crippen LogP contribution in [0.5, 0.6) is 0 Å². The van der Waals surface area contributed by atoms with Crippen LogP contribution in [0.1, 0.15) is 5.56 Å². The Morgan fingerprint density at radius 2 is 1.80 bits per heavy atom. The van der Waals surface area contributed by atoms with Gasteiger partial charge in [-0.1, -0.05) is 41.4 Å². The number of nitrogens with zero attached hydrogens (tertiary/aromatic N) is 2. The van der Waals surface area contributed by atoms with Crippen molar-refractivity contribution in [1.29, 1.82) is 0 Å². The number of para-hydroxylation sites is 2. The highest BCUT2D eigenvalue weighted by molar-refractivity contribution is 6.38. The van der Waals surface area contributed by atoms with E-state index >= 15 is 0 Å². The number of rotatable bonds is 3. The Labute approximate surface area is 125 Å². The number of benzene rings is 2. The highest BCUT2D eigenvalue weighted by atomic mass is 35.5. The van der Waals surface area contributed by atoms with E-state index in [1.807, 2.05) is 24.3 Å². The summed E-state index contributed by atoms with van der Waals surface area (Å²) in [7, 11) is 0. The number of hydrogen-bond donors (Lipinski definition) is 2. The SMILES string of the molecule is Clc1cccc(Cl)c1C=NNc1nc2ccccc2[nH]1. The second-order valence-corrected chi connectivity index (χ2v) is 4.92. The third kappa shape index (κ3) is 2.61. The third-order valence-electron chi connectivity index (χ3n) is 2.75. The maximum absolute atomic E-state index is 6.05. The molecule has 0 bridgehead atoms. The van der Waals surface area contributed by atoms with Crippen LogP contribution in [0.4, 0.5) is 5.95 Å². The standard InChI is InChI=1S/C14H10Cl2N4/c15-10-4-3-5-11(16)9(10)8-17-20-14-18-12-6-1-2-7-13(12)19-14/h1-8H,(H2,18,19,20). The Balaban J connectivity index is 1.80. The number of imidazole rings is 1. The van der Waals surface area contributed by atoms with Crippen LogP contribution in [0.15, 0.2) is 47.6 Å². The lowest BCUT2D eigenvalue weighted by Crippen LogP contribution is -1.93. The zero-order valence-electron chi connectivity index (χ0n) is 10.3. The van der Waals surface area contributed by atoms with E-state index in [0.29, 0.717) is 21.6 Å². The van der Waals surface area contributed by atoms with Gasteiger partial charge in [-0.25, -0.2) is 10.4 Å². The molecule has 100 valence electrons. The van der Waals surface area contributed by atoms with E-state index in [9.17, 15) is 0 Å². The summed E-state index contributed by atoms with van der Waals surface area (Å²) in [5.74, 6) is 0.561. The lowest BCUT2D eigenvalue weighted by molar-refractivity contribution is 1.21. The van der Waals surface area contributed by atoms with Crippen molar-refractivity contribution >= 4 is 46.4 Å². The predicted molar refractivity (Wildman–Crippen MR) is 83.8 cm³/mol. The van der Waals surface area contributed by atoms with Gasteiger partial charge in [-0.3, -0.25) is 0 Å². The molecular formula is C14H10Cl2N4. The van der Waals surface area contributed by atoms with E-state index in [2.05, 4.69) is 20.5 Å². The first-order valence-corrected chi connectivity index (χ1v) is 6.67. The lowest BCUT2D eigenvalue weighted by atomic mass is 10.2. The minimum atomic E-state index is 0.549. The average molecular weight is 305 g/mol. The topological polar surface area (TPSA) is 53.1 Å². The highest BCUT2D eigenvalue weighted by Crippen LogP contribution is 2.22. The number of anilines is 1. The summed E-state index contributed by atoms with van der Waals surface area (Å²) in [5.41, 5.74) is 5.31. The molecule has 1 aromatic heterocycles. The largest absolute Gasteiger partial charge is 0.323 e. The van der Waals surface area contributed by atoms with Gasteiger partial charge in [0.25, 0.3) is 0 Å². The number of hydrazone groups is 1. The predicted octanol–water partition coefficient (Wildman–Crippen LogP) is 4.32. The second-order valence-electron chi connectivity index (χ2n) is 4.11. The molecule has 2 N–H and O–H groups in total. The van der Waals surface area contributed by atoms with Crippen LogP contribution in [0.2, 0.25) is 10.0 Å². The molecule has 0 unspecified atom stereocenters. The van der Waals surface area contributed by atoms with Crippen LogP contribution in [-0.2, 0) is 0 Å². The smallest absolute Gasteiger partial charge is 0.222 e. The molecule has 0 aliphatic rings. The summed E-state index contributed by atoms with van der Waals surface area (Å²) in [4.78, 5) is 7.45. The molecule has 0 saturated carbocycles. The summed E-state index contributed by atoms with van der Waals surface area (Å²) < 4.78 is 0. The zero-order valence-corrected chi connectivity index (χ0v) is 11.8. The molecule has 20 heavy (non-hydrogen) atoms. The summed E-state index contributed by atoms with van der Waals surface area (Å²) in [6.07, 6.45) is 1.57. The molecule has 0 amide bonds. The molecular weight excluding hydrogens is 295 g/mol. The van der Waals surface area contributed by atoms with Crippen LogP contribution in [0.3, 0.4) is 0 Å². The number of hydrogen-bond acceptors (Lipinski definition) is 3. The van der Waals surface area contributed by atoms with Gasteiger partial charge in [0.05, 0.1) is 27.3 Å². The molecule has 0 spiro atoms. The van der Waals surface area contributed by atoms with Gasteiger partial charge in [-0.15, -0.1) is 0 Å². The molecule has 0 radical (unpaired) electrons. The number of nitrogens with one attached hydrogen (secondary N) is 2. The molecule has 2 aromatic carbocycles. The fourth-order valence-electron chi connectivity index (χ4n) is 1.80. The second kappa shape index (κ2) is 5.53. The third-order valence-corrected chi connectivity index (χ3v) is 3.41. The maximum Gasteiger partial charge on any atom is 0.222 e. The minimum absolute atomic E-state index is 0.549. The van der Waals surface area contributed by atoms with Crippen molar-refractivity contribution < 1.29 is 0 Å². The first kappa shape index (κ1) is 13.0. The van der Waals surface area contributed by atoms with Gasteiger partial charge < -0.3 is 4.98 Å². The Morgan fingerprint density at radius 3 is 2.55 bits per heavy atom. The Bertz CT molecular complexity index is 726. The van der Waals surface area contributed by atoms with E-state index in [0.717, 1.165) is 11.0 Å². The van der Waals surface area contributed by atoms with Gasteiger partial charge in [0, 0.05) is 5.56 Å². The summed E-state index contributed by atoms with van der Waals surface area (Å²) in [6.45, 7) is 0. The van der Waals surface area contributed by atoms with E-state index in [1.165, 1.54) is 0 Å². The van der Waals surface area contributed by atoms with Gasteiger partial charge >= 0.3 is 0 Å². The van der Waals surface area contributed by atoms with Crippen molar-refractivity contribution in [2.75, 3.05) is 5.43 Å². The Morgan fingerprint density at radius 1 is 1.05 bits per heavy atom. The molecule has 3 rings (SSSR count). The van der Waals surface area contributed by atoms with Crippen molar-refractivity contribution in [2.45, 2.75) is 0 Å². The Kier molecular flexibility index (Phi) is 3.58. The number of H-pyrrole nitrogens is 1. The van der Waals surface area contributed by atoms with Crippen LogP contribution in [0.25, 0.3) is 11.0 Å². The van der Waals surface area contributed by atoms with Crippen molar-refractivity contribution in [2.24, 2.45) is 5.10 Å². The van der Waals surface area contributed by atoms with Crippen LogP contribution in [0, 0.1) is 0 Å². The molecule has 0 aliphatic carbocycles. The van der Waals surface area contributed by atoms with Crippen molar-refractivity contribution in [3.8, 4) is 0 Å². The highest BCUT2D eigenvalue weighted by Gasteiger charge is 2.03. The first-order chi connectivity index (χ1) is 9.74. The van der Waals surface area contributed by atoms with Gasteiger partial charge in [-0.05, 0) is 24.3 Å². The van der Waals surface area contributed by atoms with E-state index in [-0.39, 0.29) is 0 Å². The van der Waals surface area contributed by atoms with Crippen LogP contribution in [-0.4, -0.2) is 16.2 Å². The monoisotopic (exact) mass is 304 g/mol. The van der Waals surface area contributed by atoms with E-state index in [1.54, 1.807) is 24.4 Å². The molecule has 6 heteroatoms. The molecule has 0 atom stereocenters. The fourth-order valence-corrected chi connectivity index (χ4v) is 2.29. The number of fused-ring (bicyclic) bond motifs is 1. The van der Waals surface area contributed by atoms with E-state index < -0.39 is 0 Å². The number of halogens is 2. The summed E-state index contributed by atoms with van der Waals surface area (Å²) in [6, 6.07) is 13.0. The zero-order chi connectivity index (χ0) is 13.9. The van der Waals surface area contributed by atoms with Crippen LogP contribution >= 0.6 is 23.2 Å². The van der Waals surface area contributed by atoms with Crippen molar-refractivity contribution in [1.82, 2.24) is 9.97 Å². The number of aromatic amines is 1. The van der Waals surface area contributed by atoms with Gasteiger partial charge in [0.1, 0.15) is 0 Å².